The molecule has 1 atom stereocenters. The number of hydrogen-bond acceptors (Lipinski definition) is 6. The van der Waals surface area contributed by atoms with Gasteiger partial charge in [-0.2, -0.15) is 0 Å². The van der Waals surface area contributed by atoms with Gasteiger partial charge in [0, 0.05) is 22.9 Å². The summed E-state index contributed by atoms with van der Waals surface area (Å²) in [5.74, 6) is -0.647. The Bertz CT molecular complexity index is 1490. The summed E-state index contributed by atoms with van der Waals surface area (Å²) in [6, 6.07) is 16.6. The summed E-state index contributed by atoms with van der Waals surface area (Å²) < 4.78 is 26.9. The zero-order chi connectivity index (χ0) is 28.2. The summed E-state index contributed by atoms with van der Waals surface area (Å²) in [5.41, 5.74) is 1.31. The minimum absolute atomic E-state index is 0.205. The fraction of sp³-hybridized carbons (Fsp3) is 0.310. The van der Waals surface area contributed by atoms with E-state index < -0.39 is 29.2 Å². The first kappa shape index (κ1) is 27.6. The molecule has 39 heavy (non-hydrogen) atoms. The Balaban J connectivity index is 1.88. The van der Waals surface area contributed by atoms with Gasteiger partial charge in [0.05, 0.1) is 19.7 Å². The molecule has 0 spiro atoms. The summed E-state index contributed by atoms with van der Waals surface area (Å²) in [7, 11) is 2.99. The van der Waals surface area contributed by atoms with Crippen molar-refractivity contribution in [3.63, 3.8) is 0 Å². The highest BCUT2D eigenvalue weighted by atomic mass is 19.1. The van der Waals surface area contributed by atoms with Crippen LogP contribution in [0.5, 0.6) is 11.5 Å². The Labute approximate surface area is 226 Å². The zero-order valence-corrected chi connectivity index (χ0v) is 22.6. The average Bonchev–Trinajstić information content (AvgIpc) is 3.33. The maximum absolute atomic E-state index is 14.5. The molecule has 204 valence electrons. The number of amides is 2. The van der Waals surface area contributed by atoms with Crippen LogP contribution in [0, 0.1) is 5.82 Å². The number of anilines is 1. The van der Waals surface area contributed by atoms with E-state index in [9.17, 15) is 14.0 Å². The van der Waals surface area contributed by atoms with Gasteiger partial charge in [-0.05, 0) is 62.7 Å². The van der Waals surface area contributed by atoms with Crippen LogP contribution < -0.4 is 19.7 Å². The SMILES string of the molecule is CCC(C)(C)NC(=O)[C@@H](c1ccc(OC)cc1OC)N(C(=O)Cn1nnc2ccccc21)c1cccc(F)c1. The first-order chi connectivity index (χ1) is 18.7. The number of methoxy groups -OCH3 is 2. The molecule has 0 saturated carbocycles. The highest BCUT2D eigenvalue weighted by Gasteiger charge is 2.37. The third-order valence-electron chi connectivity index (χ3n) is 6.65. The second kappa shape index (κ2) is 11.5. The molecule has 0 radical (unpaired) electrons. The molecular weight excluding hydrogens is 501 g/mol. The average molecular weight is 534 g/mol. The summed E-state index contributed by atoms with van der Waals surface area (Å²) in [5, 5.41) is 11.3. The maximum atomic E-state index is 14.5. The number of benzene rings is 3. The van der Waals surface area contributed by atoms with Crippen molar-refractivity contribution in [2.24, 2.45) is 0 Å². The summed E-state index contributed by atoms with van der Waals surface area (Å²) in [6.45, 7) is 5.50. The monoisotopic (exact) mass is 533 g/mol. The van der Waals surface area contributed by atoms with E-state index in [1.54, 1.807) is 36.4 Å². The Kier molecular flexibility index (Phi) is 8.13. The molecule has 4 aromatic rings. The third kappa shape index (κ3) is 6.00. The van der Waals surface area contributed by atoms with Gasteiger partial charge < -0.3 is 14.8 Å². The zero-order valence-electron chi connectivity index (χ0n) is 22.6. The van der Waals surface area contributed by atoms with Gasteiger partial charge in [0.25, 0.3) is 0 Å². The van der Waals surface area contributed by atoms with Gasteiger partial charge in [0.15, 0.2) is 0 Å². The van der Waals surface area contributed by atoms with Gasteiger partial charge in [0.1, 0.15) is 35.4 Å². The van der Waals surface area contributed by atoms with Gasteiger partial charge in [0.2, 0.25) is 11.8 Å². The number of carbonyl (C=O) groups is 2. The largest absolute Gasteiger partial charge is 0.497 e. The lowest BCUT2D eigenvalue weighted by atomic mass is 9.97. The van der Waals surface area contributed by atoms with Crippen molar-refractivity contribution in [1.82, 2.24) is 20.3 Å². The third-order valence-corrected chi connectivity index (χ3v) is 6.65. The molecule has 10 heteroatoms. The lowest BCUT2D eigenvalue weighted by Crippen LogP contribution is -2.51. The molecule has 2 amide bonds. The molecule has 3 aromatic carbocycles. The van der Waals surface area contributed by atoms with Gasteiger partial charge >= 0.3 is 0 Å². The van der Waals surface area contributed by atoms with E-state index in [1.807, 2.05) is 32.9 Å². The number of carbonyl (C=O) groups excluding carboxylic acids is 2. The number of nitrogens with zero attached hydrogens (tertiary/aromatic N) is 4. The fourth-order valence-electron chi connectivity index (χ4n) is 4.23. The van der Waals surface area contributed by atoms with Gasteiger partial charge in [-0.3, -0.25) is 14.5 Å². The van der Waals surface area contributed by atoms with Crippen LogP contribution in [-0.4, -0.2) is 46.6 Å². The van der Waals surface area contributed by atoms with E-state index >= 15 is 0 Å². The van der Waals surface area contributed by atoms with Crippen LogP contribution in [-0.2, 0) is 16.1 Å². The molecule has 0 aliphatic heterocycles. The molecule has 0 saturated heterocycles. The summed E-state index contributed by atoms with van der Waals surface area (Å²) in [6.07, 6.45) is 0.643. The van der Waals surface area contributed by atoms with Crippen LogP contribution >= 0.6 is 0 Å². The molecular formula is C29H32FN5O4. The van der Waals surface area contributed by atoms with Crippen LogP contribution in [0.3, 0.4) is 0 Å². The Morgan fingerprint density at radius 3 is 2.51 bits per heavy atom. The first-order valence-corrected chi connectivity index (χ1v) is 12.6. The van der Waals surface area contributed by atoms with Crippen molar-refractivity contribution in [3.05, 3.63) is 78.1 Å². The minimum atomic E-state index is -1.21. The predicted molar refractivity (Wildman–Crippen MR) is 146 cm³/mol. The topological polar surface area (TPSA) is 98.6 Å². The van der Waals surface area contributed by atoms with Crippen molar-refractivity contribution in [3.8, 4) is 11.5 Å². The fourth-order valence-corrected chi connectivity index (χ4v) is 4.23. The summed E-state index contributed by atoms with van der Waals surface area (Å²) >= 11 is 0. The molecule has 0 fully saturated rings. The van der Waals surface area contributed by atoms with Crippen LogP contribution in [0.25, 0.3) is 11.0 Å². The van der Waals surface area contributed by atoms with E-state index in [4.69, 9.17) is 9.47 Å². The van der Waals surface area contributed by atoms with Crippen LogP contribution in [0.2, 0.25) is 0 Å². The molecule has 1 aromatic heterocycles. The lowest BCUT2D eigenvalue weighted by Gasteiger charge is -2.35. The van der Waals surface area contributed by atoms with E-state index in [1.165, 1.54) is 42.0 Å². The molecule has 1 heterocycles. The van der Waals surface area contributed by atoms with E-state index in [0.29, 0.717) is 34.5 Å². The van der Waals surface area contributed by atoms with E-state index in [0.717, 1.165) is 0 Å². The Morgan fingerprint density at radius 1 is 1.05 bits per heavy atom. The van der Waals surface area contributed by atoms with Crippen molar-refractivity contribution in [2.45, 2.75) is 45.3 Å². The Morgan fingerprint density at radius 2 is 1.82 bits per heavy atom. The van der Waals surface area contributed by atoms with Crippen LogP contribution in [0.15, 0.2) is 66.7 Å². The normalized spacial score (nSPS) is 12.2. The highest BCUT2D eigenvalue weighted by Crippen LogP contribution is 2.36. The van der Waals surface area contributed by atoms with Gasteiger partial charge in [-0.15, -0.1) is 5.10 Å². The first-order valence-electron chi connectivity index (χ1n) is 12.6. The highest BCUT2D eigenvalue weighted by molar-refractivity contribution is 6.02. The molecule has 4 rings (SSSR count). The maximum Gasteiger partial charge on any atom is 0.249 e. The number of fused-ring (bicyclic) bond motifs is 1. The van der Waals surface area contributed by atoms with Crippen molar-refractivity contribution in [1.29, 1.82) is 0 Å². The number of rotatable bonds is 10. The van der Waals surface area contributed by atoms with Gasteiger partial charge in [-0.25, -0.2) is 9.07 Å². The van der Waals surface area contributed by atoms with E-state index in [2.05, 4.69) is 15.6 Å². The number of hydrogen-bond donors (Lipinski definition) is 1. The number of para-hydroxylation sites is 1. The molecule has 0 unspecified atom stereocenters. The second-order valence-corrected chi connectivity index (χ2v) is 9.72. The molecule has 0 aliphatic carbocycles. The Hall–Kier alpha value is -4.47. The predicted octanol–water partition coefficient (Wildman–Crippen LogP) is 4.67. The van der Waals surface area contributed by atoms with Crippen molar-refractivity contribution >= 4 is 28.5 Å². The second-order valence-electron chi connectivity index (χ2n) is 9.72. The molecule has 0 bridgehead atoms. The number of halogens is 1. The van der Waals surface area contributed by atoms with Crippen molar-refractivity contribution in [2.75, 3.05) is 19.1 Å². The van der Waals surface area contributed by atoms with Crippen LogP contribution in [0.4, 0.5) is 10.1 Å². The number of nitrogens with one attached hydrogen (secondary N) is 1. The minimum Gasteiger partial charge on any atom is -0.497 e. The van der Waals surface area contributed by atoms with E-state index in [-0.39, 0.29) is 12.2 Å². The molecule has 1 N–H and O–H groups in total. The van der Waals surface area contributed by atoms with Gasteiger partial charge in [-0.1, -0.05) is 30.3 Å². The molecule has 9 nitrogen and oxygen atoms in total. The number of ether oxygens (including phenoxy) is 2. The lowest BCUT2D eigenvalue weighted by molar-refractivity contribution is -0.128. The van der Waals surface area contributed by atoms with Crippen molar-refractivity contribution < 1.29 is 23.5 Å². The summed E-state index contributed by atoms with van der Waals surface area (Å²) in [4.78, 5) is 29.4. The smallest absolute Gasteiger partial charge is 0.249 e. The molecule has 0 aliphatic rings. The van der Waals surface area contributed by atoms with Crippen LogP contribution in [0.1, 0.15) is 38.8 Å². The standard InChI is InChI=1S/C29H32FN5O4/c1-6-29(2,3)31-28(37)27(22-15-14-21(38-4)17-25(22)39-5)35(20-11-9-10-19(30)16-20)26(36)18-34-24-13-8-7-12-23(24)32-33-34/h7-17,27H,6,18H2,1-5H3,(H,31,37)/t27-/m1/s1. The number of aromatic nitrogens is 3. The quantitative estimate of drug-likeness (QED) is 0.318.